The standard InChI is InChI=1S/C12H23N.C10H21N.C6H13N/c1-13-9-5-8-12(10-13)11-6-3-2-4-7-11;1-3-4-5-10-6-8-11(2)9-7-10;1-7-5-3-2-4-6-7/h11-12H,2-10H2,1H3;10H,3-9H2,1-2H3;2-6H2,1H3. The van der Waals surface area contributed by atoms with Crippen LogP contribution >= 0.6 is 0 Å². The van der Waals surface area contributed by atoms with Crippen LogP contribution in [0.15, 0.2) is 0 Å². The number of hydrogen-bond donors (Lipinski definition) is 0. The molecule has 31 heavy (non-hydrogen) atoms. The maximum absolute atomic E-state index is 2.53. The number of piperidine rings is 3. The topological polar surface area (TPSA) is 9.72 Å². The molecule has 1 saturated carbocycles. The van der Waals surface area contributed by atoms with E-state index in [0.717, 1.165) is 17.8 Å². The number of rotatable bonds is 4. The van der Waals surface area contributed by atoms with Crippen LogP contribution in [0.2, 0.25) is 0 Å². The summed E-state index contributed by atoms with van der Waals surface area (Å²) < 4.78 is 0. The first-order valence-electron chi connectivity index (χ1n) is 14.1. The maximum Gasteiger partial charge on any atom is 0.000926 e. The van der Waals surface area contributed by atoms with Crippen molar-refractivity contribution in [3.63, 3.8) is 0 Å². The van der Waals surface area contributed by atoms with Gasteiger partial charge in [-0.1, -0.05) is 64.7 Å². The summed E-state index contributed by atoms with van der Waals surface area (Å²) in [6, 6.07) is 0. The Hall–Kier alpha value is -0.120. The Bertz CT molecular complexity index is 404. The first-order chi connectivity index (χ1) is 15.1. The van der Waals surface area contributed by atoms with Gasteiger partial charge in [0.1, 0.15) is 0 Å². The van der Waals surface area contributed by atoms with Crippen LogP contribution in [-0.2, 0) is 0 Å². The average Bonchev–Trinajstić information content (AvgIpc) is 2.81. The minimum absolute atomic E-state index is 1.04. The first-order valence-corrected chi connectivity index (χ1v) is 14.1. The number of hydrogen-bond acceptors (Lipinski definition) is 3. The molecule has 4 aliphatic rings. The molecule has 0 aromatic heterocycles. The highest BCUT2D eigenvalue weighted by Crippen LogP contribution is 2.34. The fourth-order valence-electron chi connectivity index (χ4n) is 6.09. The van der Waals surface area contributed by atoms with Crippen molar-refractivity contribution >= 4 is 0 Å². The summed E-state index contributed by atoms with van der Waals surface area (Å²) in [6.45, 7) is 10.3. The van der Waals surface area contributed by atoms with Gasteiger partial charge >= 0.3 is 0 Å². The average molecular weight is 436 g/mol. The Labute approximate surface area is 196 Å². The Kier molecular flexibility index (Phi) is 14.4. The molecule has 3 heteroatoms. The molecule has 4 fully saturated rings. The van der Waals surface area contributed by atoms with E-state index in [1.165, 1.54) is 136 Å². The third-order valence-corrected chi connectivity index (χ3v) is 8.36. The molecule has 184 valence electrons. The largest absolute Gasteiger partial charge is 0.306 e. The molecule has 1 aliphatic carbocycles. The van der Waals surface area contributed by atoms with Crippen LogP contribution in [0, 0.1) is 17.8 Å². The highest BCUT2D eigenvalue weighted by atomic mass is 15.1. The van der Waals surface area contributed by atoms with Gasteiger partial charge in [-0.25, -0.2) is 0 Å². The van der Waals surface area contributed by atoms with E-state index in [9.17, 15) is 0 Å². The fourth-order valence-corrected chi connectivity index (χ4v) is 6.09. The summed E-state index contributed by atoms with van der Waals surface area (Å²) in [7, 11) is 6.71. The lowest BCUT2D eigenvalue weighted by Crippen LogP contribution is -2.36. The van der Waals surface area contributed by atoms with Crippen LogP contribution in [0.25, 0.3) is 0 Å². The minimum Gasteiger partial charge on any atom is -0.306 e. The number of unbranched alkanes of at least 4 members (excludes halogenated alkanes) is 1. The smallest absolute Gasteiger partial charge is 0.000926 e. The monoisotopic (exact) mass is 435 g/mol. The van der Waals surface area contributed by atoms with Gasteiger partial charge < -0.3 is 14.7 Å². The normalized spacial score (nSPS) is 27.7. The quantitative estimate of drug-likeness (QED) is 0.497. The highest BCUT2D eigenvalue weighted by molar-refractivity contribution is 4.79. The predicted octanol–water partition coefficient (Wildman–Crippen LogP) is 6.53. The zero-order chi connectivity index (χ0) is 22.3. The van der Waals surface area contributed by atoms with Crippen molar-refractivity contribution in [2.75, 3.05) is 60.4 Å². The predicted molar refractivity (Wildman–Crippen MR) is 138 cm³/mol. The van der Waals surface area contributed by atoms with Gasteiger partial charge in [0.15, 0.2) is 0 Å². The Morgan fingerprint density at radius 1 is 0.548 bits per heavy atom. The van der Waals surface area contributed by atoms with E-state index in [0.29, 0.717) is 0 Å². The third kappa shape index (κ3) is 12.1. The lowest BCUT2D eigenvalue weighted by Gasteiger charge is -2.36. The van der Waals surface area contributed by atoms with E-state index < -0.39 is 0 Å². The van der Waals surface area contributed by atoms with Crippen LogP contribution in [0.1, 0.15) is 103 Å². The molecule has 0 spiro atoms. The lowest BCUT2D eigenvalue weighted by molar-refractivity contribution is 0.134. The van der Waals surface area contributed by atoms with E-state index in [-0.39, 0.29) is 0 Å². The van der Waals surface area contributed by atoms with Crippen LogP contribution in [0.4, 0.5) is 0 Å². The summed E-state index contributed by atoms with van der Waals surface area (Å²) in [5.41, 5.74) is 0. The fraction of sp³-hybridized carbons (Fsp3) is 1.00. The van der Waals surface area contributed by atoms with E-state index in [4.69, 9.17) is 0 Å². The van der Waals surface area contributed by atoms with Gasteiger partial charge in [-0.15, -0.1) is 0 Å². The van der Waals surface area contributed by atoms with Crippen LogP contribution in [0.5, 0.6) is 0 Å². The van der Waals surface area contributed by atoms with Crippen molar-refractivity contribution in [2.24, 2.45) is 17.8 Å². The van der Waals surface area contributed by atoms with Crippen molar-refractivity contribution in [3.05, 3.63) is 0 Å². The minimum atomic E-state index is 1.04. The summed E-state index contributed by atoms with van der Waals surface area (Å²) in [5.74, 6) is 3.17. The molecular weight excluding hydrogens is 378 g/mol. The summed E-state index contributed by atoms with van der Waals surface area (Å²) in [4.78, 5) is 7.37. The van der Waals surface area contributed by atoms with Gasteiger partial charge in [-0.05, 0) is 110 Å². The molecule has 0 amide bonds. The van der Waals surface area contributed by atoms with E-state index in [1.54, 1.807) is 0 Å². The molecule has 3 nitrogen and oxygen atoms in total. The van der Waals surface area contributed by atoms with Crippen LogP contribution < -0.4 is 0 Å². The lowest BCUT2D eigenvalue weighted by atomic mass is 9.77. The van der Waals surface area contributed by atoms with Gasteiger partial charge in [0.2, 0.25) is 0 Å². The second-order valence-corrected chi connectivity index (χ2v) is 11.3. The van der Waals surface area contributed by atoms with Crippen molar-refractivity contribution in [1.82, 2.24) is 14.7 Å². The highest BCUT2D eigenvalue weighted by Gasteiger charge is 2.26. The Morgan fingerprint density at radius 2 is 1.10 bits per heavy atom. The van der Waals surface area contributed by atoms with E-state index in [2.05, 4.69) is 42.8 Å². The molecule has 0 radical (unpaired) electrons. The first kappa shape index (κ1) is 27.1. The molecule has 0 N–H and O–H groups in total. The van der Waals surface area contributed by atoms with E-state index >= 15 is 0 Å². The second kappa shape index (κ2) is 16.5. The van der Waals surface area contributed by atoms with Crippen molar-refractivity contribution in [1.29, 1.82) is 0 Å². The molecule has 0 aromatic rings. The van der Waals surface area contributed by atoms with Crippen molar-refractivity contribution < 1.29 is 0 Å². The molecule has 3 aliphatic heterocycles. The number of nitrogens with zero attached hydrogens (tertiary/aromatic N) is 3. The molecule has 0 bridgehead atoms. The SMILES string of the molecule is CCCCC1CCN(C)CC1.CN1CCCC(C2CCCCC2)C1.CN1CCCCC1. The van der Waals surface area contributed by atoms with Gasteiger partial charge in [0.05, 0.1) is 0 Å². The van der Waals surface area contributed by atoms with Crippen LogP contribution in [0.3, 0.4) is 0 Å². The summed E-state index contributed by atoms with van der Waals surface area (Å²) in [6.07, 6.45) is 22.0. The maximum atomic E-state index is 2.53. The zero-order valence-electron chi connectivity index (χ0n) is 21.9. The molecule has 1 atom stereocenters. The second-order valence-electron chi connectivity index (χ2n) is 11.3. The van der Waals surface area contributed by atoms with Gasteiger partial charge in [-0.3, -0.25) is 0 Å². The van der Waals surface area contributed by atoms with Crippen molar-refractivity contribution in [2.45, 2.75) is 103 Å². The van der Waals surface area contributed by atoms with Gasteiger partial charge in [-0.2, -0.15) is 0 Å². The zero-order valence-corrected chi connectivity index (χ0v) is 21.9. The van der Waals surface area contributed by atoms with Crippen molar-refractivity contribution in [3.8, 4) is 0 Å². The Morgan fingerprint density at radius 3 is 1.65 bits per heavy atom. The summed E-state index contributed by atoms with van der Waals surface area (Å²) in [5, 5.41) is 0. The molecule has 3 saturated heterocycles. The van der Waals surface area contributed by atoms with E-state index in [1.807, 2.05) is 0 Å². The Balaban J connectivity index is 0.000000173. The number of likely N-dealkylation sites (tertiary alicyclic amines) is 3. The molecule has 0 aromatic carbocycles. The molecule has 4 rings (SSSR count). The molecule has 3 heterocycles. The third-order valence-electron chi connectivity index (χ3n) is 8.36. The van der Waals surface area contributed by atoms with Gasteiger partial charge in [0.25, 0.3) is 0 Å². The summed E-state index contributed by atoms with van der Waals surface area (Å²) >= 11 is 0. The van der Waals surface area contributed by atoms with Crippen LogP contribution in [-0.4, -0.2) is 75.1 Å². The molecular formula is C28H57N3. The molecule has 1 unspecified atom stereocenters. The van der Waals surface area contributed by atoms with Gasteiger partial charge in [0, 0.05) is 6.54 Å².